The molecule has 23 heavy (non-hydrogen) atoms. The lowest BCUT2D eigenvalue weighted by molar-refractivity contribution is 0.0953. The number of imidazole rings is 1. The quantitative estimate of drug-likeness (QED) is 0.825. The highest BCUT2D eigenvalue weighted by atomic mass is 16.1. The largest absolute Gasteiger partial charge is 0.342 e. The minimum atomic E-state index is 0.233. The van der Waals surface area contributed by atoms with Gasteiger partial charge < -0.3 is 9.88 Å². The lowest BCUT2D eigenvalue weighted by Gasteiger charge is -2.29. The number of hydrogen-bond acceptors (Lipinski definition) is 3. The zero-order valence-electron chi connectivity index (χ0n) is 14.3. The molecule has 0 unspecified atom stereocenters. The third kappa shape index (κ3) is 3.99. The number of nitrogens with one attached hydrogen (secondary N) is 1. The molecular formula is C19H27N3O. The van der Waals surface area contributed by atoms with Crippen molar-refractivity contribution in [2.45, 2.75) is 46.0 Å². The third-order valence-electron chi connectivity index (χ3n) is 4.87. The Morgan fingerprint density at radius 3 is 2.87 bits per heavy atom. The van der Waals surface area contributed by atoms with Gasteiger partial charge in [0.15, 0.2) is 5.78 Å². The zero-order valence-corrected chi connectivity index (χ0v) is 14.3. The standard InChI is InChI=1S/C19H27N3O/c1-3-4-19-20-16-6-5-15(13-17(16)21-19)18(23)9-12-22-10-7-14(2)8-11-22/h5-6,13-14H,3-4,7-12H2,1-2H3,(H,20,21). The van der Waals surface area contributed by atoms with Crippen LogP contribution in [0.1, 0.15) is 55.7 Å². The molecule has 2 aromatic rings. The van der Waals surface area contributed by atoms with Gasteiger partial charge in [-0.25, -0.2) is 4.98 Å². The summed E-state index contributed by atoms with van der Waals surface area (Å²) in [5.41, 5.74) is 2.73. The predicted octanol–water partition coefficient (Wildman–Crippen LogP) is 3.82. The second kappa shape index (κ2) is 7.26. The zero-order chi connectivity index (χ0) is 16.2. The molecule has 0 radical (unpaired) electrons. The van der Waals surface area contributed by atoms with Crippen LogP contribution < -0.4 is 0 Å². The summed E-state index contributed by atoms with van der Waals surface area (Å²) < 4.78 is 0. The molecule has 1 fully saturated rings. The van der Waals surface area contributed by atoms with Gasteiger partial charge in [-0.3, -0.25) is 4.79 Å². The fourth-order valence-electron chi connectivity index (χ4n) is 3.28. The normalized spacial score (nSPS) is 17.0. The molecule has 0 bridgehead atoms. The number of Topliss-reactive ketones (excluding diaryl/α,β-unsaturated/α-hetero) is 1. The van der Waals surface area contributed by atoms with Crippen molar-refractivity contribution in [1.82, 2.24) is 14.9 Å². The van der Waals surface area contributed by atoms with Crippen LogP contribution in [0.2, 0.25) is 0 Å². The van der Waals surface area contributed by atoms with Gasteiger partial charge >= 0.3 is 0 Å². The molecule has 1 saturated heterocycles. The van der Waals surface area contributed by atoms with Crippen LogP contribution in [0.3, 0.4) is 0 Å². The Bertz CT molecular complexity index is 668. The van der Waals surface area contributed by atoms with E-state index in [0.717, 1.165) is 60.8 Å². The summed E-state index contributed by atoms with van der Waals surface area (Å²) in [6.45, 7) is 7.61. The van der Waals surface area contributed by atoms with Crippen molar-refractivity contribution in [3.8, 4) is 0 Å². The number of hydrogen-bond donors (Lipinski definition) is 1. The third-order valence-corrected chi connectivity index (χ3v) is 4.87. The maximum absolute atomic E-state index is 12.5. The van der Waals surface area contributed by atoms with Gasteiger partial charge in [0.1, 0.15) is 5.82 Å². The number of aromatic amines is 1. The summed E-state index contributed by atoms with van der Waals surface area (Å²) in [4.78, 5) is 22.8. The Kier molecular flexibility index (Phi) is 5.11. The van der Waals surface area contributed by atoms with E-state index in [2.05, 4.69) is 28.7 Å². The summed E-state index contributed by atoms with van der Waals surface area (Å²) in [6.07, 6.45) is 5.14. The van der Waals surface area contributed by atoms with Crippen molar-refractivity contribution >= 4 is 16.8 Å². The molecule has 0 saturated carbocycles. The highest BCUT2D eigenvalue weighted by Gasteiger charge is 2.17. The molecule has 0 spiro atoms. The summed E-state index contributed by atoms with van der Waals surface area (Å²) >= 11 is 0. The number of rotatable bonds is 6. The van der Waals surface area contributed by atoms with Crippen LogP contribution in [0, 0.1) is 5.92 Å². The van der Waals surface area contributed by atoms with E-state index in [1.54, 1.807) is 0 Å². The molecule has 0 atom stereocenters. The first-order chi connectivity index (χ1) is 11.2. The number of aryl methyl sites for hydroxylation is 1. The molecule has 1 aromatic heterocycles. The van der Waals surface area contributed by atoms with Crippen molar-refractivity contribution in [3.05, 3.63) is 29.6 Å². The fraction of sp³-hybridized carbons (Fsp3) is 0.579. The van der Waals surface area contributed by atoms with E-state index in [1.807, 2.05) is 18.2 Å². The van der Waals surface area contributed by atoms with Crippen LogP contribution in [0.25, 0.3) is 11.0 Å². The van der Waals surface area contributed by atoms with E-state index < -0.39 is 0 Å². The smallest absolute Gasteiger partial charge is 0.164 e. The number of benzene rings is 1. The SMILES string of the molecule is CCCc1nc2ccc(C(=O)CCN3CCC(C)CC3)cc2[nH]1. The number of carbonyl (C=O) groups is 1. The molecule has 0 amide bonds. The van der Waals surface area contributed by atoms with Gasteiger partial charge in [-0.15, -0.1) is 0 Å². The Hall–Kier alpha value is -1.68. The molecule has 1 aromatic carbocycles. The molecule has 124 valence electrons. The summed E-state index contributed by atoms with van der Waals surface area (Å²) in [5, 5.41) is 0. The highest BCUT2D eigenvalue weighted by molar-refractivity contribution is 5.99. The van der Waals surface area contributed by atoms with Crippen LogP contribution in [0.4, 0.5) is 0 Å². The Balaban J connectivity index is 1.61. The van der Waals surface area contributed by atoms with Crippen molar-refractivity contribution in [1.29, 1.82) is 0 Å². The fourth-order valence-corrected chi connectivity index (χ4v) is 3.28. The van der Waals surface area contributed by atoms with Crippen LogP contribution in [-0.2, 0) is 6.42 Å². The second-order valence-electron chi connectivity index (χ2n) is 6.86. The van der Waals surface area contributed by atoms with Gasteiger partial charge in [0.25, 0.3) is 0 Å². The van der Waals surface area contributed by atoms with Crippen molar-refractivity contribution in [2.24, 2.45) is 5.92 Å². The van der Waals surface area contributed by atoms with Gasteiger partial charge in [-0.1, -0.05) is 13.8 Å². The number of ketones is 1. The number of carbonyl (C=O) groups excluding carboxylic acids is 1. The van der Waals surface area contributed by atoms with Crippen molar-refractivity contribution < 1.29 is 4.79 Å². The van der Waals surface area contributed by atoms with Gasteiger partial charge in [0.2, 0.25) is 0 Å². The number of nitrogens with zero attached hydrogens (tertiary/aromatic N) is 2. The molecule has 0 aliphatic carbocycles. The Morgan fingerprint density at radius 2 is 2.13 bits per heavy atom. The first kappa shape index (κ1) is 16.2. The molecule has 2 heterocycles. The predicted molar refractivity (Wildman–Crippen MR) is 93.9 cm³/mol. The summed E-state index contributed by atoms with van der Waals surface area (Å²) in [5.74, 6) is 2.08. The van der Waals surface area contributed by atoms with Crippen molar-refractivity contribution in [2.75, 3.05) is 19.6 Å². The number of piperidine rings is 1. The number of H-pyrrole nitrogens is 1. The van der Waals surface area contributed by atoms with E-state index >= 15 is 0 Å². The maximum atomic E-state index is 12.5. The molecule has 1 aliphatic rings. The van der Waals surface area contributed by atoms with Crippen LogP contribution in [-0.4, -0.2) is 40.3 Å². The monoisotopic (exact) mass is 313 g/mol. The molecule has 1 N–H and O–H groups in total. The molecule has 3 rings (SSSR count). The first-order valence-corrected chi connectivity index (χ1v) is 8.90. The van der Waals surface area contributed by atoms with Gasteiger partial charge in [0.05, 0.1) is 11.0 Å². The number of fused-ring (bicyclic) bond motifs is 1. The van der Waals surface area contributed by atoms with Crippen molar-refractivity contribution in [3.63, 3.8) is 0 Å². The summed E-state index contributed by atoms with van der Waals surface area (Å²) in [6, 6.07) is 5.84. The minimum absolute atomic E-state index is 0.233. The van der Waals surface area contributed by atoms with Crippen LogP contribution in [0.15, 0.2) is 18.2 Å². The maximum Gasteiger partial charge on any atom is 0.164 e. The van der Waals surface area contributed by atoms with Gasteiger partial charge in [-0.05, 0) is 56.5 Å². The highest BCUT2D eigenvalue weighted by Crippen LogP contribution is 2.18. The first-order valence-electron chi connectivity index (χ1n) is 8.90. The van der Waals surface area contributed by atoms with Crippen LogP contribution in [0.5, 0.6) is 0 Å². The Morgan fingerprint density at radius 1 is 1.35 bits per heavy atom. The van der Waals surface area contributed by atoms with E-state index in [0.29, 0.717) is 6.42 Å². The topological polar surface area (TPSA) is 49.0 Å². The number of likely N-dealkylation sites (tertiary alicyclic amines) is 1. The number of aromatic nitrogens is 2. The van der Waals surface area contributed by atoms with Crippen LogP contribution >= 0.6 is 0 Å². The lowest BCUT2D eigenvalue weighted by Crippen LogP contribution is -2.34. The van der Waals surface area contributed by atoms with Gasteiger partial charge in [-0.2, -0.15) is 0 Å². The van der Waals surface area contributed by atoms with E-state index in [9.17, 15) is 4.79 Å². The molecular weight excluding hydrogens is 286 g/mol. The Labute approximate surface area is 138 Å². The lowest BCUT2D eigenvalue weighted by atomic mass is 9.99. The van der Waals surface area contributed by atoms with E-state index in [-0.39, 0.29) is 5.78 Å². The average Bonchev–Trinajstić information content (AvgIpc) is 2.96. The minimum Gasteiger partial charge on any atom is -0.342 e. The molecule has 4 heteroatoms. The average molecular weight is 313 g/mol. The second-order valence-corrected chi connectivity index (χ2v) is 6.86. The van der Waals surface area contributed by atoms with E-state index in [4.69, 9.17) is 0 Å². The van der Waals surface area contributed by atoms with E-state index in [1.165, 1.54) is 12.8 Å². The molecule has 1 aliphatic heterocycles. The van der Waals surface area contributed by atoms with Gasteiger partial charge in [0, 0.05) is 24.9 Å². The summed E-state index contributed by atoms with van der Waals surface area (Å²) in [7, 11) is 0. The molecule has 4 nitrogen and oxygen atoms in total.